The van der Waals surface area contributed by atoms with Gasteiger partial charge in [0.25, 0.3) is 0 Å². The number of likely N-dealkylation sites (N-methyl/N-ethyl adjacent to an activating group) is 1. The zero-order valence-corrected chi connectivity index (χ0v) is 11.5. The SMILES string of the molecule is C[N+]1(CCn2ccc3c(N)cccc32)CCOCC1. The van der Waals surface area contributed by atoms with Crippen LogP contribution in [0.3, 0.4) is 0 Å². The molecule has 0 bridgehead atoms. The first-order valence-electron chi connectivity index (χ1n) is 6.93. The van der Waals surface area contributed by atoms with Crippen LogP contribution in [0.15, 0.2) is 30.5 Å². The van der Waals surface area contributed by atoms with Crippen LogP contribution in [0, 0.1) is 0 Å². The van der Waals surface area contributed by atoms with Crippen molar-refractivity contribution >= 4 is 16.6 Å². The molecule has 0 unspecified atom stereocenters. The summed E-state index contributed by atoms with van der Waals surface area (Å²) in [7, 11) is 2.32. The van der Waals surface area contributed by atoms with E-state index in [1.807, 2.05) is 12.1 Å². The zero-order valence-electron chi connectivity index (χ0n) is 11.5. The van der Waals surface area contributed by atoms with Crippen LogP contribution in [-0.4, -0.2) is 48.9 Å². The number of morpholine rings is 1. The monoisotopic (exact) mass is 260 g/mol. The minimum atomic E-state index is 0.864. The van der Waals surface area contributed by atoms with Gasteiger partial charge in [0.15, 0.2) is 0 Å². The molecule has 1 saturated heterocycles. The molecule has 0 atom stereocenters. The molecule has 0 saturated carbocycles. The summed E-state index contributed by atoms with van der Waals surface area (Å²) < 4.78 is 8.86. The highest BCUT2D eigenvalue weighted by Gasteiger charge is 2.24. The smallest absolute Gasteiger partial charge is 0.102 e. The van der Waals surface area contributed by atoms with E-state index >= 15 is 0 Å². The Labute approximate surface area is 114 Å². The van der Waals surface area contributed by atoms with E-state index in [0.717, 1.165) is 54.9 Å². The quantitative estimate of drug-likeness (QED) is 0.674. The van der Waals surface area contributed by atoms with Crippen molar-refractivity contribution in [2.24, 2.45) is 0 Å². The molecule has 102 valence electrons. The number of ether oxygens (including phenoxy) is 1. The molecule has 4 nitrogen and oxygen atoms in total. The van der Waals surface area contributed by atoms with Crippen molar-refractivity contribution in [3.8, 4) is 0 Å². The maximum absolute atomic E-state index is 6.00. The van der Waals surface area contributed by atoms with E-state index in [4.69, 9.17) is 10.5 Å². The largest absolute Gasteiger partial charge is 0.398 e. The highest BCUT2D eigenvalue weighted by Crippen LogP contribution is 2.22. The lowest BCUT2D eigenvalue weighted by Crippen LogP contribution is -2.53. The first kappa shape index (κ1) is 12.5. The molecule has 2 aromatic rings. The highest BCUT2D eigenvalue weighted by molar-refractivity contribution is 5.91. The molecule has 1 aromatic heterocycles. The van der Waals surface area contributed by atoms with E-state index < -0.39 is 0 Å². The average Bonchev–Trinajstić information content (AvgIpc) is 2.82. The van der Waals surface area contributed by atoms with E-state index in [9.17, 15) is 0 Å². The molecule has 0 spiro atoms. The molecule has 1 aliphatic heterocycles. The van der Waals surface area contributed by atoms with Gasteiger partial charge in [0.1, 0.15) is 13.1 Å². The minimum Gasteiger partial charge on any atom is -0.398 e. The van der Waals surface area contributed by atoms with E-state index in [0.29, 0.717) is 0 Å². The highest BCUT2D eigenvalue weighted by atomic mass is 16.5. The van der Waals surface area contributed by atoms with Gasteiger partial charge < -0.3 is 19.5 Å². The van der Waals surface area contributed by atoms with Crippen LogP contribution in [-0.2, 0) is 11.3 Å². The maximum atomic E-state index is 6.00. The predicted molar refractivity (Wildman–Crippen MR) is 78.0 cm³/mol. The van der Waals surface area contributed by atoms with E-state index in [1.165, 1.54) is 5.52 Å². The lowest BCUT2D eigenvalue weighted by atomic mass is 10.2. The number of rotatable bonds is 3. The summed E-state index contributed by atoms with van der Waals surface area (Å²) in [6.45, 7) is 6.17. The fraction of sp³-hybridized carbons (Fsp3) is 0.467. The Morgan fingerprint density at radius 1 is 1.26 bits per heavy atom. The number of benzene rings is 1. The van der Waals surface area contributed by atoms with Crippen LogP contribution in [0.2, 0.25) is 0 Å². The Hall–Kier alpha value is -1.52. The summed E-state index contributed by atoms with van der Waals surface area (Å²) in [6.07, 6.45) is 2.15. The van der Waals surface area contributed by atoms with E-state index in [2.05, 4.69) is 29.9 Å². The Balaban J connectivity index is 1.77. The molecule has 2 N–H and O–H groups in total. The van der Waals surface area contributed by atoms with Crippen molar-refractivity contribution in [2.45, 2.75) is 6.54 Å². The van der Waals surface area contributed by atoms with Crippen LogP contribution >= 0.6 is 0 Å². The molecule has 4 heteroatoms. The van der Waals surface area contributed by atoms with E-state index in [1.54, 1.807) is 0 Å². The van der Waals surface area contributed by atoms with Crippen LogP contribution in [0.1, 0.15) is 0 Å². The van der Waals surface area contributed by atoms with Gasteiger partial charge in [-0.1, -0.05) is 6.07 Å². The van der Waals surface area contributed by atoms with Gasteiger partial charge in [-0.15, -0.1) is 0 Å². The third-order valence-corrected chi connectivity index (χ3v) is 4.28. The fourth-order valence-electron chi connectivity index (χ4n) is 2.80. The molecule has 0 aliphatic carbocycles. The van der Waals surface area contributed by atoms with Crippen molar-refractivity contribution in [1.82, 2.24) is 4.57 Å². The third kappa shape index (κ3) is 2.46. The first-order chi connectivity index (χ1) is 9.18. The van der Waals surface area contributed by atoms with Gasteiger partial charge in [0.2, 0.25) is 0 Å². The molecular formula is C15H22N3O+. The second-order valence-electron chi connectivity index (χ2n) is 5.69. The topological polar surface area (TPSA) is 40.2 Å². The summed E-state index contributed by atoms with van der Waals surface area (Å²) in [5, 5.41) is 1.16. The van der Waals surface area contributed by atoms with Gasteiger partial charge in [-0.25, -0.2) is 0 Å². The summed E-state index contributed by atoms with van der Waals surface area (Å²) >= 11 is 0. The van der Waals surface area contributed by atoms with Crippen molar-refractivity contribution in [2.75, 3.05) is 45.6 Å². The molecule has 2 heterocycles. The lowest BCUT2D eigenvalue weighted by Gasteiger charge is -2.37. The first-order valence-corrected chi connectivity index (χ1v) is 6.93. The van der Waals surface area contributed by atoms with Gasteiger partial charge in [0.05, 0.1) is 38.9 Å². The second kappa shape index (κ2) is 4.87. The van der Waals surface area contributed by atoms with E-state index in [-0.39, 0.29) is 0 Å². The molecule has 3 rings (SSSR count). The number of nitrogens with zero attached hydrogens (tertiary/aromatic N) is 2. The number of nitrogens with two attached hydrogens (primary N) is 1. The second-order valence-corrected chi connectivity index (χ2v) is 5.69. The maximum Gasteiger partial charge on any atom is 0.102 e. The number of quaternary nitrogens is 1. The summed E-state index contributed by atoms with van der Waals surface area (Å²) in [5.41, 5.74) is 8.10. The van der Waals surface area contributed by atoms with Gasteiger partial charge >= 0.3 is 0 Å². The van der Waals surface area contributed by atoms with Gasteiger partial charge in [-0.2, -0.15) is 0 Å². The van der Waals surface area contributed by atoms with Crippen LogP contribution < -0.4 is 5.73 Å². The van der Waals surface area contributed by atoms with Gasteiger partial charge in [0, 0.05) is 17.3 Å². The van der Waals surface area contributed by atoms with Gasteiger partial charge in [-0.05, 0) is 18.2 Å². The van der Waals surface area contributed by atoms with Crippen LogP contribution in [0.5, 0.6) is 0 Å². The molecule has 1 aromatic carbocycles. The van der Waals surface area contributed by atoms with Gasteiger partial charge in [-0.3, -0.25) is 0 Å². The fourth-order valence-corrected chi connectivity index (χ4v) is 2.80. The van der Waals surface area contributed by atoms with Crippen molar-refractivity contribution in [3.63, 3.8) is 0 Å². The minimum absolute atomic E-state index is 0.864. The Bertz CT molecular complexity index is 570. The zero-order chi connectivity index (χ0) is 13.3. The number of fused-ring (bicyclic) bond motifs is 1. The average molecular weight is 260 g/mol. The Morgan fingerprint density at radius 3 is 2.84 bits per heavy atom. The molecule has 0 radical (unpaired) electrons. The molecule has 19 heavy (non-hydrogen) atoms. The number of anilines is 1. The van der Waals surface area contributed by atoms with Crippen LogP contribution in [0.25, 0.3) is 10.9 Å². The Morgan fingerprint density at radius 2 is 2.05 bits per heavy atom. The molecule has 1 fully saturated rings. The van der Waals surface area contributed by atoms with Crippen molar-refractivity contribution in [3.05, 3.63) is 30.5 Å². The Kier molecular flexibility index (Phi) is 3.21. The molecule has 1 aliphatic rings. The predicted octanol–water partition coefficient (Wildman–Crippen LogP) is 1.70. The number of aromatic nitrogens is 1. The summed E-state index contributed by atoms with van der Waals surface area (Å²) in [4.78, 5) is 0. The summed E-state index contributed by atoms with van der Waals surface area (Å²) in [6, 6.07) is 8.25. The van der Waals surface area contributed by atoms with Crippen LogP contribution in [0.4, 0.5) is 5.69 Å². The number of nitrogen functional groups attached to an aromatic ring is 1. The van der Waals surface area contributed by atoms with Crippen molar-refractivity contribution < 1.29 is 9.22 Å². The lowest BCUT2D eigenvalue weighted by molar-refractivity contribution is -0.917. The third-order valence-electron chi connectivity index (χ3n) is 4.28. The normalized spacial score (nSPS) is 18.8. The van der Waals surface area contributed by atoms with Crippen molar-refractivity contribution in [1.29, 1.82) is 0 Å². The molecular weight excluding hydrogens is 238 g/mol. The molecule has 0 amide bonds. The number of hydrogen-bond acceptors (Lipinski definition) is 2. The standard InChI is InChI=1S/C15H22N3O/c1-18(9-11-19-12-10-18)8-7-17-6-5-13-14(16)3-2-4-15(13)17/h2-6H,7-12,16H2,1H3/q+1. The number of hydrogen-bond donors (Lipinski definition) is 1. The summed E-state index contributed by atoms with van der Waals surface area (Å²) in [5.74, 6) is 0.